The van der Waals surface area contributed by atoms with Crippen molar-refractivity contribution in [2.24, 2.45) is 0 Å². The highest BCUT2D eigenvalue weighted by atomic mass is 16.5. The van der Waals surface area contributed by atoms with E-state index < -0.39 is 0 Å². The molecule has 0 saturated carbocycles. The molecule has 4 heteroatoms. The molecule has 1 aromatic rings. The second-order valence-corrected chi connectivity index (χ2v) is 6.94. The number of morpholine rings is 1. The lowest BCUT2D eigenvalue weighted by Gasteiger charge is -2.48. The molecule has 3 heterocycles. The number of hydrogen-bond acceptors (Lipinski definition) is 4. The largest absolute Gasteiger partial charge is 0.487 e. The molecule has 0 amide bonds. The summed E-state index contributed by atoms with van der Waals surface area (Å²) in [5.41, 5.74) is 2.68. The van der Waals surface area contributed by atoms with Crippen LogP contribution in [0.1, 0.15) is 36.4 Å². The third-order valence-corrected chi connectivity index (χ3v) is 5.42. The van der Waals surface area contributed by atoms with Gasteiger partial charge in [-0.3, -0.25) is 4.90 Å². The molecule has 0 bridgehead atoms. The summed E-state index contributed by atoms with van der Waals surface area (Å²) >= 11 is 0. The number of nitrogens with zero attached hydrogens (tertiary/aromatic N) is 1. The minimum absolute atomic E-state index is 0.0228. The molecule has 2 saturated heterocycles. The highest BCUT2D eigenvalue weighted by Gasteiger charge is 2.43. The first-order chi connectivity index (χ1) is 10.8. The minimum atomic E-state index is 0.0228. The molecule has 22 heavy (non-hydrogen) atoms. The molecule has 1 unspecified atom stereocenters. The highest BCUT2D eigenvalue weighted by molar-refractivity contribution is 5.42. The summed E-state index contributed by atoms with van der Waals surface area (Å²) in [5, 5.41) is 3.47. The average Bonchev–Trinajstić information content (AvgIpc) is 2.55. The third kappa shape index (κ3) is 2.64. The maximum absolute atomic E-state index is 6.56. The van der Waals surface area contributed by atoms with E-state index in [2.05, 4.69) is 35.3 Å². The maximum atomic E-state index is 6.56. The Morgan fingerprint density at radius 2 is 1.95 bits per heavy atom. The van der Waals surface area contributed by atoms with Crippen molar-refractivity contribution in [3.8, 4) is 5.75 Å². The van der Waals surface area contributed by atoms with Crippen molar-refractivity contribution in [1.29, 1.82) is 0 Å². The molecule has 0 aliphatic carbocycles. The topological polar surface area (TPSA) is 33.7 Å². The summed E-state index contributed by atoms with van der Waals surface area (Å²) in [6.45, 7) is 8.06. The minimum Gasteiger partial charge on any atom is -0.487 e. The van der Waals surface area contributed by atoms with Crippen LogP contribution in [-0.4, -0.2) is 49.9 Å². The number of hydrogen-bond donors (Lipinski definition) is 1. The molecule has 3 aliphatic rings. The molecule has 1 spiro atoms. The van der Waals surface area contributed by atoms with E-state index in [0.717, 1.165) is 64.4 Å². The van der Waals surface area contributed by atoms with Crippen molar-refractivity contribution >= 4 is 0 Å². The normalized spacial score (nSPS) is 28.1. The van der Waals surface area contributed by atoms with Crippen molar-refractivity contribution in [3.05, 3.63) is 29.3 Å². The van der Waals surface area contributed by atoms with Crippen LogP contribution in [0.25, 0.3) is 0 Å². The van der Waals surface area contributed by atoms with E-state index in [1.54, 1.807) is 0 Å². The fourth-order valence-corrected chi connectivity index (χ4v) is 4.15. The van der Waals surface area contributed by atoms with E-state index in [-0.39, 0.29) is 5.60 Å². The summed E-state index contributed by atoms with van der Waals surface area (Å²) in [6.07, 6.45) is 3.34. The molecular formula is C18H26N2O2. The zero-order valence-corrected chi connectivity index (χ0v) is 13.4. The van der Waals surface area contributed by atoms with Crippen molar-refractivity contribution in [3.63, 3.8) is 0 Å². The highest BCUT2D eigenvalue weighted by Crippen LogP contribution is 2.46. The van der Waals surface area contributed by atoms with Crippen molar-refractivity contribution < 1.29 is 9.47 Å². The first-order valence-corrected chi connectivity index (χ1v) is 8.58. The van der Waals surface area contributed by atoms with E-state index in [1.807, 2.05) is 0 Å². The van der Waals surface area contributed by atoms with Crippen LogP contribution in [0.5, 0.6) is 5.75 Å². The SMILES string of the molecule is Cc1ccc2c(c1)OC1(CCNCC1)CC2N1CCOCC1. The molecule has 1 aromatic carbocycles. The summed E-state index contributed by atoms with van der Waals surface area (Å²) in [4.78, 5) is 2.60. The van der Waals surface area contributed by atoms with E-state index in [1.165, 1.54) is 11.1 Å². The van der Waals surface area contributed by atoms with Crippen molar-refractivity contribution in [1.82, 2.24) is 10.2 Å². The van der Waals surface area contributed by atoms with Gasteiger partial charge in [-0.2, -0.15) is 0 Å². The van der Waals surface area contributed by atoms with Crippen LogP contribution in [0.3, 0.4) is 0 Å². The zero-order chi connectivity index (χ0) is 15.0. The summed E-state index contributed by atoms with van der Waals surface area (Å²) < 4.78 is 12.1. The van der Waals surface area contributed by atoms with Gasteiger partial charge < -0.3 is 14.8 Å². The standard InChI is InChI=1S/C18H26N2O2/c1-14-2-3-15-16(20-8-10-21-11-9-20)13-18(22-17(15)12-14)4-6-19-7-5-18/h2-3,12,16,19H,4-11,13H2,1H3. The quantitative estimate of drug-likeness (QED) is 0.863. The molecule has 4 rings (SSSR count). The van der Waals surface area contributed by atoms with E-state index in [4.69, 9.17) is 9.47 Å². The molecular weight excluding hydrogens is 276 g/mol. The molecule has 0 radical (unpaired) electrons. The summed E-state index contributed by atoms with van der Waals surface area (Å²) in [5.74, 6) is 1.12. The fraction of sp³-hybridized carbons (Fsp3) is 0.667. The Labute approximate surface area is 132 Å². The van der Waals surface area contributed by atoms with Gasteiger partial charge in [0.15, 0.2) is 0 Å². The number of benzene rings is 1. The Hall–Kier alpha value is -1.10. The molecule has 0 aromatic heterocycles. The number of aryl methyl sites for hydroxylation is 1. The number of piperidine rings is 1. The van der Waals surface area contributed by atoms with Crippen LogP contribution in [0.15, 0.2) is 18.2 Å². The van der Waals surface area contributed by atoms with Crippen molar-refractivity contribution in [2.75, 3.05) is 39.4 Å². The van der Waals surface area contributed by atoms with Crippen LogP contribution in [0.2, 0.25) is 0 Å². The van der Waals surface area contributed by atoms with Crippen molar-refractivity contribution in [2.45, 2.75) is 37.8 Å². The first kappa shape index (κ1) is 14.5. The Morgan fingerprint density at radius 1 is 1.18 bits per heavy atom. The van der Waals surface area contributed by atoms with Crippen LogP contribution in [0.4, 0.5) is 0 Å². The predicted molar refractivity (Wildman–Crippen MR) is 86.4 cm³/mol. The summed E-state index contributed by atoms with van der Waals surface area (Å²) in [7, 11) is 0. The predicted octanol–water partition coefficient (Wildman–Crippen LogP) is 2.27. The van der Waals surface area contributed by atoms with Gasteiger partial charge in [-0.1, -0.05) is 12.1 Å². The molecule has 1 N–H and O–H groups in total. The van der Waals surface area contributed by atoms with Crippen LogP contribution in [0, 0.1) is 6.92 Å². The van der Waals surface area contributed by atoms with Crippen LogP contribution >= 0.6 is 0 Å². The smallest absolute Gasteiger partial charge is 0.125 e. The molecule has 3 aliphatic heterocycles. The molecule has 4 nitrogen and oxygen atoms in total. The summed E-state index contributed by atoms with van der Waals surface area (Å²) in [6, 6.07) is 7.20. The number of fused-ring (bicyclic) bond motifs is 1. The lowest BCUT2D eigenvalue weighted by Crippen LogP contribution is -2.52. The number of nitrogens with one attached hydrogen (secondary N) is 1. The zero-order valence-electron chi connectivity index (χ0n) is 13.4. The monoisotopic (exact) mass is 302 g/mol. The first-order valence-electron chi connectivity index (χ1n) is 8.58. The van der Waals surface area contributed by atoms with E-state index >= 15 is 0 Å². The Kier molecular flexibility index (Phi) is 3.84. The van der Waals surface area contributed by atoms with E-state index in [9.17, 15) is 0 Å². The lowest BCUT2D eigenvalue weighted by molar-refractivity contribution is -0.0450. The maximum Gasteiger partial charge on any atom is 0.125 e. The van der Waals surface area contributed by atoms with Gasteiger partial charge in [-0.25, -0.2) is 0 Å². The molecule has 120 valence electrons. The van der Waals surface area contributed by atoms with Gasteiger partial charge in [0.05, 0.1) is 13.2 Å². The Bertz CT molecular complexity index is 534. The number of ether oxygens (including phenoxy) is 2. The third-order valence-electron chi connectivity index (χ3n) is 5.42. The van der Waals surface area contributed by atoms with Gasteiger partial charge in [0.2, 0.25) is 0 Å². The van der Waals surface area contributed by atoms with Gasteiger partial charge in [0.25, 0.3) is 0 Å². The molecule has 2 fully saturated rings. The van der Waals surface area contributed by atoms with Gasteiger partial charge >= 0.3 is 0 Å². The Balaban J connectivity index is 1.69. The Morgan fingerprint density at radius 3 is 2.73 bits per heavy atom. The average molecular weight is 302 g/mol. The second kappa shape index (κ2) is 5.84. The van der Waals surface area contributed by atoms with Gasteiger partial charge in [0, 0.05) is 31.1 Å². The van der Waals surface area contributed by atoms with Gasteiger partial charge in [0.1, 0.15) is 11.4 Å². The van der Waals surface area contributed by atoms with Crippen LogP contribution < -0.4 is 10.1 Å². The lowest BCUT2D eigenvalue weighted by atomic mass is 9.80. The second-order valence-electron chi connectivity index (χ2n) is 6.94. The number of rotatable bonds is 1. The van der Waals surface area contributed by atoms with Gasteiger partial charge in [-0.05, 0) is 44.5 Å². The molecule has 1 atom stereocenters. The fourth-order valence-electron chi connectivity index (χ4n) is 4.15. The van der Waals surface area contributed by atoms with Gasteiger partial charge in [-0.15, -0.1) is 0 Å². The van der Waals surface area contributed by atoms with Crippen LogP contribution in [-0.2, 0) is 4.74 Å². The van der Waals surface area contributed by atoms with E-state index in [0.29, 0.717) is 6.04 Å².